The molecule has 0 radical (unpaired) electrons. The zero-order valence-corrected chi connectivity index (χ0v) is 17.6. The van der Waals surface area contributed by atoms with E-state index in [1.807, 2.05) is 49.3 Å². The number of carbonyl (C=O) groups is 2. The van der Waals surface area contributed by atoms with Crippen LogP contribution >= 0.6 is 11.3 Å². The average molecular weight is 423 g/mol. The zero-order valence-electron chi connectivity index (χ0n) is 16.8. The van der Waals surface area contributed by atoms with Crippen LogP contribution in [0.1, 0.15) is 26.3 Å². The number of nitrogens with zero attached hydrogens (tertiary/aromatic N) is 1. The fourth-order valence-electron chi connectivity index (χ4n) is 3.30. The molecule has 1 aliphatic heterocycles. The van der Waals surface area contributed by atoms with Crippen molar-refractivity contribution in [2.75, 3.05) is 27.2 Å². The number of phenolic OH excluding ortho intramolecular Hbond substituents is 1. The summed E-state index contributed by atoms with van der Waals surface area (Å²) in [7, 11) is 3.87. The number of cyclic esters (lactones) is 1. The number of hydrogen-bond donors (Lipinski definition) is 2. The molecular formula is C23H22N2O4S. The first-order valence-corrected chi connectivity index (χ1v) is 10.4. The van der Waals surface area contributed by atoms with Gasteiger partial charge in [-0.3, -0.25) is 4.79 Å². The summed E-state index contributed by atoms with van der Waals surface area (Å²) in [5.41, 5.74) is 3.64. The van der Waals surface area contributed by atoms with Crippen molar-refractivity contribution in [2.24, 2.45) is 0 Å². The van der Waals surface area contributed by atoms with Crippen molar-refractivity contribution < 1.29 is 19.4 Å². The number of phenols is 1. The number of carbonyl (C=O) groups excluding carboxylic acids is 2. The van der Waals surface area contributed by atoms with Gasteiger partial charge in [0.2, 0.25) is 0 Å². The summed E-state index contributed by atoms with van der Waals surface area (Å²) >= 11 is 1.58. The Bertz CT molecular complexity index is 1120. The maximum Gasteiger partial charge on any atom is 0.338 e. The third-order valence-electron chi connectivity index (χ3n) is 4.95. The summed E-state index contributed by atoms with van der Waals surface area (Å²) in [6, 6.07) is 14.8. The van der Waals surface area contributed by atoms with Crippen LogP contribution < -0.4 is 5.32 Å². The highest BCUT2D eigenvalue weighted by Crippen LogP contribution is 2.37. The first kappa shape index (κ1) is 20.1. The summed E-state index contributed by atoms with van der Waals surface area (Å²) in [6.07, 6.45) is 0. The molecule has 154 valence electrons. The Balaban J connectivity index is 1.52. The molecule has 0 unspecified atom stereocenters. The number of likely N-dealkylation sites (N-methyl/N-ethyl adjacent to an activating group) is 1. The minimum absolute atomic E-state index is 0.0435. The number of esters is 1. The third-order valence-corrected chi connectivity index (χ3v) is 6.13. The largest absolute Gasteiger partial charge is 0.507 e. The van der Waals surface area contributed by atoms with Crippen LogP contribution in [0.25, 0.3) is 20.9 Å². The molecule has 30 heavy (non-hydrogen) atoms. The number of amides is 1. The van der Waals surface area contributed by atoms with E-state index in [0.29, 0.717) is 18.7 Å². The molecule has 7 heteroatoms. The summed E-state index contributed by atoms with van der Waals surface area (Å²) in [5.74, 6) is -0.606. The highest BCUT2D eigenvalue weighted by Gasteiger charge is 2.21. The lowest BCUT2D eigenvalue weighted by molar-refractivity contribution is 0.0535. The maximum absolute atomic E-state index is 12.3. The topological polar surface area (TPSA) is 78.9 Å². The quantitative estimate of drug-likeness (QED) is 0.592. The van der Waals surface area contributed by atoms with Crippen LogP contribution in [0.4, 0.5) is 0 Å². The number of nitrogens with one attached hydrogen (secondary N) is 1. The standard InChI is InChI=1S/C23H22N2O4S/c1-25(2)10-9-24-22(27)18-6-4-15(12-19(18)26)21-8-7-20(30-21)14-3-5-17-16(11-14)13-29-23(17)28/h3-8,11-12,26H,9-10,13H2,1-2H3,(H,24,27). The molecule has 2 N–H and O–H groups in total. The van der Waals surface area contributed by atoms with Gasteiger partial charge in [-0.05, 0) is 61.6 Å². The lowest BCUT2D eigenvalue weighted by Gasteiger charge is -2.11. The van der Waals surface area contributed by atoms with Crippen LogP contribution in [-0.2, 0) is 11.3 Å². The molecule has 1 aromatic heterocycles. The minimum atomic E-state index is -0.289. The van der Waals surface area contributed by atoms with Crippen molar-refractivity contribution >= 4 is 23.2 Å². The van der Waals surface area contributed by atoms with E-state index in [4.69, 9.17) is 4.74 Å². The molecule has 0 saturated carbocycles. The van der Waals surface area contributed by atoms with Gasteiger partial charge in [0.1, 0.15) is 12.4 Å². The number of aromatic hydroxyl groups is 1. The Hall–Kier alpha value is -3.16. The minimum Gasteiger partial charge on any atom is -0.507 e. The molecular weight excluding hydrogens is 400 g/mol. The average Bonchev–Trinajstić information content (AvgIpc) is 3.35. The van der Waals surface area contributed by atoms with Gasteiger partial charge >= 0.3 is 5.97 Å². The van der Waals surface area contributed by atoms with Crippen molar-refractivity contribution in [1.29, 1.82) is 0 Å². The molecule has 0 bridgehead atoms. The van der Waals surface area contributed by atoms with E-state index < -0.39 is 0 Å². The van der Waals surface area contributed by atoms with Crippen LogP contribution in [0.15, 0.2) is 48.5 Å². The second kappa shape index (κ2) is 8.30. The highest BCUT2D eigenvalue weighted by atomic mass is 32.1. The van der Waals surface area contributed by atoms with Crippen molar-refractivity contribution in [3.05, 3.63) is 65.2 Å². The van der Waals surface area contributed by atoms with Crippen LogP contribution in [0.2, 0.25) is 0 Å². The van der Waals surface area contributed by atoms with Gasteiger partial charge in [0.15, 0.2) is 0 Å². The van der Waals surface area contributed by atoms with Gasteiger partial charge in [-0.15, -0.1) is 11.3 Å². The summed E-state index contributed by atoms with van der Waals surface area (Å²) in [6.45, 7) is 1.55. The Morgan fingerprint density at radius 3 is 2.50 bits per heavy atom. The molecule has 0 saturated heterocycles. The number of rotatable bonds is 6. The van der Waals surface area contributed by atoms with Crippen molar-refractivity contribution in [3.8, 4) is 26.6 Å². The predicted octanol–water partition coefficient (Wildman–Crippen LogP) is 3.75. The Morgan fingerprint density at radius 2 is 1.80 bits per heavy atom. The van der Waals surface area contributed by atoms with E-state index >= 15 is 0 Å². The van der Waals surface area contributed by atoms with Crippen LogP contribution in [0.5, 0.6) is 5.75 Å². The van der Waals surface area contributed by atoms with Crippen LogP contribution in [0.3, 0.4) is 0 Å². The van der Waals surface area contributed by atoms with Gasteiger partial charge in [0.05, 0.1) is 11.1 Å². The van der Waals surface area contributed by atoms with E-state index in [1.54, 1.807) is 29.5 Å². The van der Waals surface area contributed by atoms with Gasteiger partial charge < -0.3 is 20.1 Å². The van der Waals surface area contributed by atoms with E-state index in [0.717, 1.165) is 33.0 Å². The summed E-state index contributed by atoms with van der Waals surface area (Å²) in [4.78, 5) is 27.9. The van der Waals surface area contributed by atoms with Crippen LogP contribution in [-0.4, -0.2) is 49.1 Å². The van der Waals surface area contributed by atoms with Crippen molar-refractivity contribution in [3.63, 3.8) is 0 Å². The van der Waals surface area contributed by atoms with E-state index in [-0.39, 0.29) is 23.2 Å². The van der Waals surface area contributed by atoms with E-state index in [2.05, 4.69) is 5.32 Å². The molecule has 3 aromatic rings. The maximum atomic E-state index is 12.3. The van der Waals surface area contributed by atoms with Gasteiger partial charge in [-0.2, -0.15) is 0 Å². The molecule has 6 nitrogen and oxygen atoms in total. The normalized spacial score (nSPS) is 12.7. The SMILES string of the molecule is CN(C)CCNC(=O)c1ccc(-c2ccc(-c3ccc4c(c3)COC4=O)s2)cc1O. The van der Waals surface area contributed by atoms with Crippen molar-refractivity contribution in [1.82, 2.24) is 10.2 Å². The van der Waals surface area contributed by atoms with Gasteiger partial charge in [-0.1, -0.05) is 12.1 Å². The van der Waals surface area contributed by atoms with E-state index in [1.165, 1.54) is 0 Å². The molecule has 0 fully saturated rings. The first-order chi connectivity index (χ1) is 14.4. The highest BCUT2D eigenvalue weighted by molar-refractivity contribution is 7.18. The second-order valence-electron chi connectivity index (χ2n) is 7.40. The van der Waals surface area contributed by atoms with Gasteiger partial charge in [-0.25, -0.2) is 4.79 Å². The molecule has 0 aliphatic carbocycles. The molecule has 2 heterocycles. The monoisotopic (exact) mass is 422 g/mol. The van der Waals surface area contributed by atoms with Crippen LogP contribution in [0, 0.1) is 0 Å². The molecule has 1 aliphatic rings. The van der Waals surface area contributed by atoms with Gasteiger partial charge in [0.25, 0.3) is 5.91 Å². The molecule has 0 spiro atoms. The summed E-state index contributed by atoms with van der Waals surface area (Å²) in [5, 5.41) is 13.2. The second-order valence-corrected chi connectivity index (χ2v) is 8.49. The summed E-state index contributed by atoms with van der Waals surface area (Å²) < 4.78 is 5.07. The fourth-order valence-corrected chi connectivity index (χ4v) is 4.30. The Labute approximate surface area is 178 Å². The molecule has 1 amide bonds. The number of hydrogen-bond acceptors (Lipinski definition) is 6. The van der Waals surface area contributed by atoms with E-state index in [9.17, 15) is 14.7 Å². The smallest absolute Gasteiger partial charge is 0.338 e. The number of fused-ring (bicyclic) bond motifs is 1. The Kier molecular flexibility index (Phi) is 5.57. The number of benzene rings is 2. The van der Waals surface area contributed by atoms with Crippen molar-refractivity contribution in [2.45, 2.75) is 6.61 Å². The Morgan fingerprint density at radius 1 is 1.10 bits per heavy atom. The number of ether oxygens (including phenoxy) is 1. The molecule has 0 atom stereocenters. The van der Waals surface area contributed by atoms with Gasteiger partial charge in [0, 0.05) is 28.4 Å². The lowest BCUT2D eigenvalue weighted by atomic mass is 10.1. The number of thiophene rings is 1. The first-order valence-electron chi connectivity index (χ1n) is 9.59. The fraction of sp³-hybridized carbons (Fsp3) is 0.217. The lowest BCUT2D eigenvalue weighted by Crippen LogP contribution is -2.31. The third kappa shape index (κ3) is 4.08. The predicted molar refractivity (Wildman–Crippen MR) is 117 cm³/mol. The molecule has 4 rings (SSSR count). The molecule has 2 aromatic carbocycles. The zero-order chi connectivity index (χ0) is 21.3.